The van der Waals surface area contributed by atoms with E-state index in [-0.39, 0.29) is 5.78 Å². The van der Waals surface area contributed by atoms with Gasteiger partial charge in [-0.05, 0) is 94.0 Å². The molecular weight excluding hydrogens is 416 g/mol. The molecule has 0 heterocycles. The molecule has 0 N–H and O–H groups in total. The normalized spacial score (nSPS) is 18.5. The minimum atomic E-state index is 0.216. The van der Waals surface area contributed by atoms with Crippen LogP contribution in [0.5, 0.6) is 0 Å². The molecule has 3 rings (SSSR count). The number of Topliss-reactive ketones (excluding diaryl/α,β-unsaturated/α-hetero) is 1. The summed E-state index contributed by atoms with van der Waals surface area (Å²) in [5, 5.41) is 0. The summed E-state index contributed by atoms with van der Waals surface area (Å²) in [5.41, 5.74) is 6.59. The fourth-order valence-corrected chi connectivity index (χ4v) is 5.09. The Hall–Kier alpha value is -2.81. The maximum atomic E-state index is 13.5. The predicted octanol–water partition coefficient (Wildman–Crippen LogP) is 7.63. The van der Waals surface area contributed by atoms with Gasteiger partial charge in [-0.1, -0.05) is 44.0 Å². The van der Waals surface area contributed by atoms with Crippen molar-refractivity contribution in [3.8, 4) is 0 Å². The van der Waals surface area contributed by atoms with Crippen molar-refractivity contribution in [2.45, 2.75) is 60.3 Å². The minimum Gasteiger partial charge on any atom is -0.372 e. The quantitative estimate of drug-likeness (QED) is 0.342. The Balaban J connectivity index is 1.86. The summed E-state index contributed by atoms with van der Waals surface area (Å²) in [6.45, 7) is 14.9. The van der Waals surface area contributed by atoms with Crippen molar-refractivity contribution in [3.05, 3.63) is 70.8 Å². The van der Waals surface area contributed by atoms with Crippen LogP contribution in [-0.2, 0) is 4.79 Å². The van der Waals surface area contributed by atoms with Crippen LogP contribution in [0.25, 0.3) is 12.2 Å². The van der Waals surface area contributed by atoms with E-state index in [0.717, 1.165) is 74.1 Å². The van der Waals surface area contributed by atoms with Gasteiger partial charge in [0.2, 0.25) is 0 Å². The van der Waals surface area contributed by atoms with Crippen LogP contribution < -0.4 is 9.80 Å². The highest BCUT2D eigenvalue weighted by Crippen LogP contribution is 2.35. The predicted molar refractivity (Wildman–Crippen MR) is 149 cm³/mol. The van der Waals surface area contributed by atoms with Gasteiger partial charge in [0.15, 0.2) is 5.78 Å². The van der Waals surface area contributed by atoms with Crippen LogP contribution in [0, 0.1) is 5.92 Å². The molecule has 0 saturated heterocycles. The minimum absolute atomic E-state index is 0.216. The number of hydrogen-bond donors (Lipinski definition) is 0. The first-order valence-corrected chi connectivity index (χ1v) is 13.2. The molecule has 1 fully saturated rings. The van der Waals surface area contributed by atoms with Crippen molar-refractivity contribution in [3.63, 3.8) is 0 Å². The topological polar surface area (TPSA) is 23.6 Å². The standard InChI is InChI=1S/C31H42N2O/c1-6-11-26-22-27(20-24-12-16-29(17-13-24)32(7-2)8-3)31(34)28(23-26)21-25-14-18-30(19-15-25)33(9-4)10-5/h12-21,26H,6-11,22-23H2,1-5H3. The van der Waals surface area contributed by atoms with Gasteiger partial charge in [-0.2, -0.15) is 0 Å². The molecule has 34 heavy (non-hydrogen) atoms. The Kier molecular flexibility index (Phi) is 9.56. The fourth-order valence-electron chi connectivity index (χ4n) is 5.09. The monoisotopic (exact) mass is 458 g/mol. The highest BCUT2D eigenvalue weighted by Gasteiger charge is 2.27. The number of carbonyl (C=O) groups excluding carboxylic acids is 1. The molecule has 1 aliphatic rings. The molecule has 2 aromatic rings. The largest absolute Gasteiger partial charge is 0.372 e. The van der Waals surface area contributed by atoms with Crippen molar-refractivity contribution >= 4 is 29.3 Å². The van der Waals surface area contributed by atoms with Gasteiger partial charge in [-0.3, -0.25) is 4.79 Å². The summed E-state index contributed by atoms with van der Waals surface area (Å²) in [4.78, 5) is 18.1. The Labute approximate surface area is 207 Å². The van der Waals surface area contributed by atoms with Crippen molar-refractivity contribution in [1.82, 2.24) is 0 Å². The molecule has 0 amide bonds. The Morgan fingerprint density at radius 2 is 1.06 bits per heavy atom. The van der Waals surface area contributed by atoms with Crippen molar-refractivity contribution < 1.29 is 4.79 Å². The van der Waals surface area contributed by atoms with E-state index in [9.17, 15) is 4.79 Å². The third-order valence-corrected chi connectivity index (χ3v) is 7.02. The lowest BCUT2D eigenvalue weighted by molar-refractivity contribution is -0.113. The van der Waals surface area contributed by atoms with Crippen molar-refractivity contribution in [2.24, 2.45) is 5.92 Å². The number of rotatable bonds is 10. The van der Waals surface area contributed by atoms with E-state index >= 15 is 0 Å². The third-order valence-electron chi connectivity index (χ3n) is 7.02. The summed E-state index contributed by atoms with van der Waals surface area (Å²) in [6, 6.07) is 17.3. The molecule has 0 radical (unpaired) electrons. The smallest absolute Gasteiger partial charge is 0.185 e. The fraction of sp³-hybridized carbons (Fsp3) is 0.452. The first-order chi connectivity index (χ1) is 16.5. The zero-order valence-electron chi connectivity index (χ0n) is 21.8. The second-order valence-electron chi connectivity index (χ2n) is 9.26. The van der Waals surface area contributed by atoms with Crippen molar-refractivity contribution in [1.29, 1.82) is 0 Å². The van der Waals surface area contributed by atoms with E-state index in [1.165, 1.54) is 11.4 Å². The summed E-state index contributed by atoms with van der Waals surface area (Å²) >= 11 is 0. The van der Waals surface area contributed by atoms with Gasteiger partial charge in [0, 0.05) is 48.7 Å². The number of allylic oxidation sites excluding steroid dienone is 2. The molecule has 0 unspecified atom stereocenters. The summed E-state index contributed by atoms with van der Waals surface area (Å²) in [6.07, 6.45) is 8.30. The summed E-state index contributed by atoms with van der Waals surface area (Å²) < 4.78 is 0. The molecule has 0 aromatic heterocycles. The number of nitrogens with zero attached hydrogens (tertiary/aromatic N) is 2. The molecule has 0 aliphatic heterocycles. The molecular formula is C31H42N2O. The second-order valence-corrected chi connectivity index (χ2v) is 9.26. The number of hydrogen-bond acceptors (Lipinski definition) is 3. The first kappa shape index (κ1) is 25.8. The molecule has 182 valence electrons. The van der Waals surface area contributed by atoms with Crippen LogP contribution in [0.1, 0.15) is 71.4 Å². The van der Waals surface area contributed by atoms with E-state index < -0.39 is 0 Å². The second kappa shape index (κ2) is 12.6. The first-order valence-electron chi connectivity index (χ1n) is 13.2. The molecule has 1 saturated carbocycles. The maximum absolute atomic E-state index is 13.5. The van der Waals surface area contributed by atoms with E-state index in [0.29, 0.717) is 5.92 Å². The molecule has 0 bridgehead atoms. The lowest BCUT2D eigenvalue weighted by Crippen LogP contribution is -2.21. The Bertz CT molecular complexity index is 900. The molecule has 1 aliphatic carbocycles. The number of benzene rings is 2. The average molecular weight is 459 g/mol. The number of ketones is 1. The highest BCUT2D eigenvalue weighted by molar-refractivity contribution is 6.14. The van der Waals surface area contributed by atoms with Crippen LogP contribution in [0.2, 0.25) is 0 Å². The zero-order valence-corrected chi connectivity index (χ0v) is 21.8. The van der Waals surface area contributed by atoms with Gasteiger partial charge >= 0.3 is 0 Å². The van der Waals surface area contributed by atoms with Gasteiger partial charge in [0.25, 0.3) is 0 Å². The van der Waals surface area contributed by atoms with E-state index in [1.807, 2.05) is 0 Å². The van der Waals surface area contributed by atoms with E-state index in [4.69, 9.17) is 0 Å². The molecule has 0 atom stereocenters. The van der Waals surface area contributed by atoms with Gasteiger partial charge in [0.05, 0.1) is 0 Å². The van der Waals surface area contributed by atoms with E-state index in [2.05, 4.69) is 105 Å². The third kappa shape index (κ3) is 6.40. The van der Waals surface area contributed by atoms with Gasteiger partial charge < -0.3 is 9.80 Å². The number of carbonyl (C=O) groups is 1. The molecule has 3 heteroatoms. The van der Waals surface area contributed by atoms with Crippen LogP contribution >= 0.6 is 0 Å². The van der Waals surface area contributed by atoms with Crippen LogP contribution in [0.15, 0.2) is 59.7 Å². The lowest BCUT2D eigenvalue weighted by atomic mass is 9.78. The summed E-state index contributed by atoms with van der Waals surface area (Å²) in [7, 11) is 0. The Morgan fingerprint density at radius 1 is 0.676 bits per heavy atom. The van der Waals surface area contributed by atoms with Crippen LogP contribution in [0.3, 0.4) is 0 Å². The molecule has 0 spiro atoms. The van der Waals surface area contributed by atoms with Gasteiger partial charge in [0.1, 0.15) is 0 Å². The van der Waals surface area contributed by atoms with Crippen LogP contribution in [0.4, 0.5) is 11.4 Å². The highest BCUT2D eigenvalue weighted by atomic mass is 16.1. The SMILES string of the molecule is CCCC1CC(=Cc2ccc(N(CC)CC)cc2)C(=O)C(=Cc2ccc(N(CC)CC)cc2)C1. The zero-order chi connectivity index (χ0) is 24.5. The van der Waals surface area contributed by atoms with Crippen LogP contribution in [-0.4, -0.2) is 32.0 Å². The summed E-state index contributed by atoms with van der Waals surface area (Å²) in [5.74, 6) is 0.748. The maximum Gasteiger partial charge on any atom is 0.185 e. The molecule has 2 aromatic carbocycles. The Morgan fingerprint density at radius 3 is 1.38 bits per heavy atom. The van der Waals surface area contributed by atoms with Gasteiger partial charge in [-0.15, -0.1) is 0 Å². The van der Waals surface area contributed by atoms with Crippen molar-refractivity contribution in [2.75, 3.05) is 36.0 Å². The number of anilines is 2. The molecule has 3 nitrogen and oxygen atoms in total. The van der Waals surface area contributed by atoms with Gasteiger partial charge in [-0.25, -0.2) is 0 Å². The van der Waals surface area contributed by atoms with E-state index in [1.54, 1.807) is 0 Å². The average Bonchev–Trinajstić information content (AvgIpc) is 2.85. The lowest BCUT2D eigenvalue weighted by Gasteiger charge is -2.26.